The Labute approximate surface area is 223 Å². The number of carbonyl (C=O) groups excluding carboxylic acids is 1. The Bertz CT molecular complexity index is 1600. The van der Waals surface area contributed by atoms with E-state index in [4.69, 9.17) is 23.7 Å². The molecule has 0 spiro atoms. The molecule has 0 bridgehead atoms. The highest BCUT2D eigenvalue weighted by Gasteiger charge is 2.34. The van der Waals surface area contributed by atoms with Crippen LogP contribution in [0, 0.1) is 0 Å². The summed E-state index contributed by atoms with van der Waals surface area (Å²) in [7, 11) is 0. The number of carbonyl (C=O) groups is 1. The molecule has 0 radical (unpaired) electrons. The number of benzene rings is 2. The fourth-order valence-electron chi connectivity index (χ4n) is 4.50. The zero-order valence-electron chi connectivity index (χ0n) is 21.6. The van der Waals surface area contributed by atoms with Gasteiger partial charge in [0, 0.05) is 0 Å². The van der Waals surface area contributed by atoms with Crippen LogP contribution in [0.2, 0.25) is 0 Å². The monoisotopic (exact) mass is 536 g/mol. The van der Waals surface area contributed by atoms with E-state index in [9.17, 15) is 9.59 Å². The molecule has 3 aromatic rings. The van der Waals surface area contributed by atoms with Crippen LogP contribution in [-0.2, 0) is 9.53 Å². The third-order valence-corrected chi connectivity index (χ3v) is 7.08. The fourth-order valence-corrected chi connectivity index (χ4v) is 5.55. The van der Waals surface area contributed by atoms with Crippen LogP contribution in [0.5, 0.6) is 23.0 Å². The van der Waals surface area contributed by atoms with E-state index in [1.807, 2.05) is 38.1 Å². The molecule has 0 saturated carbocycles. The molecule has 1 aromatic heterocycles. The highest BCUT2D eigenvalue weighted by atomic mass is 32.1. The Morgan fingerprint density at radius 1 is 1.05 bits per heavy atom. The van der Waals surface area contributed by atoms with E-state index in [0.29, 0.717) is 62.4 Å². The van der Waals surface area contributed by atoms with E-state index in [0.717, 1.165) is 5.56 Å². The van der Waals surface area contributed by atoms with E-state index < -0.39 is 12.0 Å². The second kappa shape index (κ2) is 10.7. The quantitative estimate of drug-likeness (QED) is 0.408. The largest absolute Gasteiger partial charge is 0.490 e. The minimum absolute atomic E-state index is 0.118. The van der Waals surface area contributed by atoms with Crippen molar-refractivity contribution in [1.29, 1.82) is 0 Å². The maximum absolute atomic E-state index is 13.8. The molecule has 38 heavy (non-hydrogen) atoms. The minimum Gasteiger partial charge on any atom is -0.490 e. The van der Waals surface area contributed by atoms with Gasteiger partial charge in [0.15, 0.2) is 27.8 Å². The summed E-state index contributed by atoms with van der Waals surface area (Å²) in [6, 6.07) is 10.2. The molecule has 0 unspecified atom stereocenters. The number of allylic oxidation sites excluding steroid dienone is 1. The van der Waals surface area contributed by atoms with Crippen LogP contribution in [0.4, 0.5) is 0 Å². The minimum atomic E-state index is -0.735. The smallest absolute Gasteiger partial charge is 0.338 e. The number of aromatic nitrogens is 1. The van der Waals surface area contributed by atoms with Gasteiger partial charge in [-0.05, 0) is 69.2 Å². The Morgan fingerprint density at radius 3 is 2.58 bits per heavy atom. The van der Waals surface area contributed by atoms with Crippen LogP contribution in [-0.4, -0.2) is 37.1 Å². The third kappa shape index (κ3) is 4.67. The summed E-state index contributed by atoms with van der Waals surface area (Å²) in [5, 5.41) is 0. The molecular formula is C28H28N2O7S. The summed E-state index contributed by atoms with van der Waals surface area (Å²) in [6.07, 6.45) is 1.79. The molecule has 0 saturated heterocycles. The molecule has 1 atom stereocenters. The van der Waals surface area contributed by atoms with Crippen LogP contribution in [0.1, 0.15) is 44.9 Å². The molecule has 10 heteroatoms. The normalized spacial score (nSPS) is 16.2. The topological polar surface area (TPSA) is 97.6 Å². The summed E-state index contributed by atoms with van der Waals surface area (Å²) < 4.78 is 29.8. The molecule has 2 aliphatic rings. The average Bonchev–Trinajstić information content (AvgIpc) is 3.49. The Hall–Kier alpha value is -4.05. The van der Waals surface area contributed by atoms with Gasteiger partial charge in [0.05, 0.1) is 41.7 Å². The molecule has 0 amide bonds. The van der Waals surface area contributed by atoms with Crippen molar-refractivity contribution in [3.8, 4) is 23.0 Å². The van der Waals surface area contributed by atoms with E-state index >= 15 is 0 Å². The predicted octanol–water partition coefficient (Wildman–Crippen LogP) is 3.32. The highest BCUT2D eigenvalue weighted by Crippen LogP contribution is 2.38. The molecule has 2 aliphatic heterocycles. The number of hydrogen-bond acceptors (Lipinski definition) is 9. The fraction of sp³-hybridized carbons (Fsp3) is 0.321. The second-order valence-corrected chi connectivity index (χ2v) is 9.50. The van der Waals surface area contributed by atoms with E-state index in [1.165, 1.54) is 11.3 Å². The number of nitrogens with zero attached hydrogens (tertiary/aromatic N) is 2. The van der Waals surface area contributed by atoms with Gasteiger partial charge >= 0.3 is 5.97 Å². The van der Waals surface area contributed by atoms with Gasteiger partial charge in [-0.25, -0.2) is 9.79 Å². The molecule has 0 aliphatic carbocycles. The van der Waals surface area contributed by atoms with Crippen LogP contribution in [0.3, 0.4) is 0 Å². The molecule has 0 N–H and O–H groups in total. The lowest BCUT2D eigenvalue weighted by atomic mass is 9.95. The summed E-state index contributed by atoms with van der Waals surface area (Å²) in [5.74, 6) is 1.90. The van der Waals surface area contributed by atoms with Crippen molar-refractivity contribution in [2.45, 2.75) is 33.7 Å². The maximum atomic E-state index is 13.8. The lowest BCUT2D eigenvalue weighted by molar-refractivity contribution is -0.139. The zero-order valence-corrected chi connectivity index (χ0v) is 22.4. The van der Waals surface area contributed by atoms with E-state index in [2.05, 4.69) is 4.99 Å². The number of esters is 1. The van der Waals surface area contributed by atoms with Crippen LogP contribution >= 0.6 is 11.3 Å². The summed E-state index contributed by atoms with van der Waals surface area (Å²) >= 11 is 1.26. The van der Waals surface area contributed by atoms with Gasteiger partial charge in [0.1, 0.15) is 0 Å². The third-order valence-electron chi connectivity index (χ3n) is 6.09. The van der Waals surface area contributed by atoms with E-state index in [-0.39, 0.29) is 19.0 Å². The standard InChI is InChI=1S/C28H28N2O7S/c1-5-33-19-10-8-17(12-21(19)34-6-2)13-23-26(31)30-25(18-9-11-20-22(14-18)37-15-36-20)24(27(32)35-7-3)16(4)29-28(30)38-23/h8-14,25H,5-7,15H2,1-4H3/b23-13-/t25-/m1/s1. The Balaban J connectivity index is 1.66. The molecule has 3 heterocycles. The summed E-state index contributed by atoms with van der Waals surface area (Å²) in [6.45, 7) is 8.63. The number of ether oxygens (including phenoxy) is 5. The maximum Gasteiger partial charge on any atom is 0.338 e. The highest BCUT2D eigenvalue weighted by molar-refractivity contribution is 7.07. The molecule has 2 aromatic carbocycles. The van der Waals surface area contributed by atoms with Crippen molar-refractivity contribution in [1.82, 2.24) is 4.57 Å². The first-order valence-corrected chi connectivity index (χ1v) is 13.3. The van der Waals surface area contributed by atoms with Crippen LogP contribution in [0.25, 0.3) is 6.08 Å². The van der Waals surface area contributed by atoms with Gasteiger partial charge in [-0.15, -0.1) is 0 Å². The van der Waals surface area contributed by atoms with Gasteiger partial charge in [-0.1, -0.05) is 23.5 Å². The molecule has 198 valence electrons. The first-order valence-electron chi connectivity index (χ1n) is 12.4. The van der Waals surface area contributed by atoms with Crippen molar-refractivity contribution in [3.63, 3.8) is 0 Å². The van der Waals surface area contributed by atoms with Crippen molar-refractivity contribution >= 4 is 23.4 Å². The molecular weight excluding hydrogens is 508 g/mol. The molecule has 9 nitrogen and oxygen atoms in total. The van der Waals surface area contributed by atoms with Crippen molar-refractivity contribution in [2.75, 3.05) is 26.6 Å². The number of thiazole rings is 1. The van der Waals surface area contributed by atoms with Crippen LogP contribution < -0.4 is 33.8 Å². The molecule has 5 rings (SSSR count). The van der Waals surface area contributed by atoms with Gasteiger partial charge in [-0.3, -0.25) is 9.36 Å². The Kier molecular flexibility index (Phi) is 7.24. The van der Waals surface area contributed by atoms with Gasteiger partial charge in [0.2, 0.25) is 6.79 Å². The number of fused-ring (bicyclic) bond motifs is 2. The van der Waals surface area contributed by atoms with Crippen molar-refractivity contribution in [3.05, 3.63) is 78.5 Å². The second-order valence-electron chi connectivity index (χ2n) is 8.49. The summed E-state index contributed by atoms with van der Waals surface area (Å²) in [4.78, 5) is 32.0. The SMILES string of the molecule is CCOC(=O)C1=C(C)N=c2s/c(=C\c3ccc(OCC)c(OCC)c3)c(=O)n2[C@@H]1c1ccc2c(c1)OCO2. The number of hydrogen-bond donors (Lipinski definition) is 0. The lowest BCUT2D eigenvalue weighted by Gasteiger charge is -2.24. The van der Waals surface area contributed by atoms with Gasteiger partial charge in [0.25, 0.3) is 5.56 Å². The van der Waals surface area contributed by atoms with E-state index in [1.54, 1.807) is 36.6 Å². The average molecular weight is 537 g/mol. The number of rotatable bonds is 8. The Morgan fingerprint density at radius 2 is 1.82 bits per heavy atom. The molecule has 0 fully saturated rings. The van der Waals surface area contributed by atoms with Crippen molar-refractivity contribution in [2.24, 2.45) is 4.99 Å². The first-order chi connectivity index (χ1) is 18.4. The predicted molar refractivity (Wildman–Crippen MR) is 142 cm³/mol. The zero-order chi connectivity index (χ0) is 26.8. The van der Waals surface area contributed by atoms with Gasteiger partial charge < -0.3 is 23.7 Å². The first kappa shape index (κ1) is 25.6. The lowest BCUT2D eigenvalue weighted by Crippen LogP contribution is -2.39. The van der Waals surface area contributed by atoms with Crippen LogP contribution in [0.15, 0.2) is 57.5 Å². The summed E-state index contributed by atoms with van der Waals surface area (Å²) in [5.41, 5.74) is 2.02. The van der Waals surface area contributed by atoms with Gasteiger partial charge in [-0.2, -0.15) is 0 Å². The van der Waals surface area contributed by atoms with Crippen molar-refractivity contribution < 1.29 is 28.5 Å².